The lowest BCUT2D eigenvalue weighted by Crippen LogP contribution is -2.28. The van der Waals surface area contributed by atoms with Gasteiger partial charge in [-0.05, 0) is 24.6 Å². The Balaban J connectivity index is 1.89. The van der Waals surface area contributed by atoms with Gasteiger partial charge in [-0.2, -0.15) is 0 Å². The second-order valence-electron chi connectivity index (χ2n) is 4.57. The molecular formula is C14H15Cl2N3OS. The van der Waals surface area contributed by atoms with Gasteiger partial charge in [0, 0.05) is 19.4 Å². The van der Waals surface area contributed by atoms with Gasteiger partial charge < -0.3 is 9.88 Å². The number of nitrogens with zero attached hydrogens (tertiary/aromatic N) is 2. The summed E-state index contributed by atoms with van der Waals surface area (Å²) in [6.07, 6.45) is 3.55. The molecule has 0 saturated carbocycles. The molecule has 0 radical (unpaired) electrons. The van der Waals surface area contributed by atoms with Gasteiger partial charge in [-0.25, -0.2) is 4.98 Å². The second kappa shape index (κ2) is 7.20. The van der Waals surface area contributed by atoms with Crippen LogP contribution < -0.4 is 5.32 Å². The molecule has 0 aliphatic heterocycles. The van der Waals surface area contributed by atoms with Crippen LogP contribution in [0.2, 0.25) is 10.0 Å². The molecule has 1 aromatic heterocycles. The van der Waals surface area contributed by atoms with Gasteiger partial charge >= 0.3 is 0 Å². The van der Waals surface area contributed by atoms with Crippen molar-refractivity contribution < 1.29 is 4.79 Å². The molecule has 0 aliphatic rings. The number of hydrogen-bond acceptors (Lipinski definition) is 3. The minimum atomic E-state index is -0.130. The number of benzene rings is 1. The fraction of sp³-hybridized carbons (Fsp3) is 0.286. The van der Waals surface area contributed by atoms with Crippen LogP contribution in [0.3, 0.4) is 0 Å². The lowest BCUT2D eigenvalue weighted by Gasteiger charge is -2.14. The van der Waals surface area contributed by atoms with Crippen molar-refractivity contribution in [3.63, 3.8) is 0 Å². The van der Waals surface area contributed by atoms with Crippen molar-refractivity contribution >= 4 is 40.9 Å². The zero-order chi connectivity index (χ0) is 15.4. The van der Waals surface area contributed by atoms with E-state index in [4.69, 9.17) is 23.2 Å². The average molecular weight is 344 g/mol. The molecule has 0 fully saturated rings. The number of nitrogens with one attached hydrogen (secondary N) is 1. The molecule has 4 nitrogen and oxygen atoms in total. The Bertz CT molecular complexity index is 645. The summed E-state index contributed by atoms with van der Waals surface area (Å²) in [6.45, 7) is 1.91. The van der Waals surface area contributed by atoms with Crippen LogP contribution in [0.15, 0.2) is 35.7 Å². The number of imidazole rings is 1. The molecule has 0 bridgehead atoms. The summed E-state index contributed by atoms with van der Waals surface area (Å²) < 4.78 is 1.88. The highest BCUT2D eigenvalue weighted by molar-refractivity contribution is 7.99. The fourth-order valence-corrected chi connectivity index (χ4v) is 2.82. The van der Waals surface area contributed by atoms with E-state index in [1.807, 2.05) is 30.8 Å². The van der Waals surface area contributed by atoms with Crippen LogP contribution in [0.25, 0.3) is 0 Å². The van der Waals surface area contributed by atoms with Crippen LogP contribution >= 0.6 is 35.0 Å². The normalized spacial score (nSPS) is 12.2. The number of hydrogen-bond donors (Lipinski definition) is 1. The Labute approximate surface area is 137 Å². The van der Waals surface area contributed by atoms with Crippen molar-refractivity contribution in [1.29, 1.82) is 0 Å². The number of carbonyl (C=O) groups excluding carboxylic acids is 1. The van der Waals surface area contributed by atoms with E-state index in [-0.39, 0.29) is 11.9 Å². The summed E-state index contributed by atoms with van der Waals surface area (Å²) in [7, 11) is 1.89. The Morgan fingerprint density at radius 2 is 2.19 bits per heavy atom. The summed E-state index contributed by atoms with van der Waals surface area (Å²) in [5.74, 6) is 0.262. The third-order valence-electron chi connectivity index (χ3n) is 2.93. The highest BCUT2D eigenvalue weighted by atomic mass is 35.5. The predicted molar refractivity (Wildman–Crippen MR) is 87.0 cm³/mol. The van der Waals surface area contributed by atoms with Crippen LogP contribution in [-0.2, 0) is 11.8 Å². The highest BCUT2D eigenvalue weighted by Crippen LogP contribution is 2.25. The van der Waals surface area contributed by atoms with Crippen molar-refractivity contribution in [2.75, 3.05) is 5.75 Å². The van der Waals surface area contributed by atoms with E-state index in [9.17, 15) is 4.79 Å². The zero-order valence-corrected chi connectivity index (χ0v) is 14.0. The van der Waals surface area contributed by atoms with Crippen molar-refractivity contribution in [2.24, 2.45) is 7.05 Å². The maximum atomic E-state index is 12.0. The summed E-state index contributed by atoms with van der Waals surface area (Å²) in [5.41, 5.74) is 0.916. The monoisotopic (exact) mass is 343 g/mol. The van der Waals surface area contributed by atoms with E-state index in [0.717, 1.165) is 10.7 Å². The molecule has 21 heavy (non-hydrogen) atoms. The Morgan fingerprint density at radius 1 is 1.43 bits per heavy atom. The van der Waals surface area contributed by atoms with E-state index in [2.05, 4.69) is 10.3 Å². The number of amides is 1. The molecule has 0 spiro atoms. The quantitative estimate of drug-likeness (QED) is 0.842. The molecule has 1 heterocycles. The zero-order valence-electron chi connectivity index (χ0n) is 11.6. The van der Waals surface area contributed by atoms with Gasteiger partial charge in [0.2, 0.25) is 5.91 Å². The predicted octanol–water partition coefficient (Wildman–Crippen LogP) is 3.70. The molecule has 0 unspecified atom stereocenters. The van der Waals surface area contributed by atoms with Crippen LogP contribution in [0.4, 0.5) is 0 Å². The number of halogens is 2. The smallest absolute Gasteiger partial charge is 0.230 e. The first-order valence-electron chi connectivity index (χ1n) is 6.32. The lowest BCUT2D eigenvalue weighted by molar-refractivity contribution is -0.119. The maximum Gasteiger partial charge on any atom is 0.230 e. The van der Waals surface area contributed by atoms with E-state index in [1.165, 1.54) is 11.8 Å². The van der Waals surface area contributed by atoms with Crippen LogP contribution in [-0.4, -0.2) is 21.2 Å². The molecule has 0 aliphatic carbocycles. The van der Waals surface area contributed by atoms with Gasteiger partial charge in [0.1, 0.15) is 0 Å². The molecule has 2 aromatic rings. The van der Waals surface area contributed by atoms with Crippen LogP contribution in [0.5, 0.6) is 0 Å². The molecular weight excluding hydrogens is 329 g/mol. The molecule has 2 rings (SSSR count). The lowest BCUT2D eigenvalue weighted by atomic mass is 10.1. The van der Waals surface area contributed by atoms with Crippen molar-refractivity contribution in [3.05, 3.63) is 46.2 Å². The number of thioether (sulfide) groups is 1. The third kappa shape index (κ3) is 4.40. The maximum absolute atomic E-state index is 12.0. The Morgan fingerprint density at radius 3 is 2.81 bits per heavy atom. The van der Waals surface area contributed by atoms with Crippen molar-refractivity contribution in [2.45, 2.75) is 18.1 Å². The van der Waals surface area contributed by atoms with Crippen LogP contribution in [0.1, 0.15) is 18.5 Å². The van der Waals surface area contributed by atoms with Crippen LogP contribution in [0, 0.1) is 0 Å². The number of aryl methyl sites for hydroxylation is 1. The molecule has 1 amide bonds. The molecule has 1 aromatic carbocycles. The van der Waals surface area contributed by atoms with Gasteiger partial charge in [-0.3, -0.25) is 4.79 Å². The van der Waals surface area contributed by atoms with Gasteiger partial charge in [0.25, 0.3) is 0 Å². The largest absolute Gasteiger partial charge is 0.349 e. The SMILES string of the molecule is C[C@@H](NC(=O)CSc1nccn1C)c1ccc(Cl)c(Cl)c1. The van der Waals surface area contributed by atoms with E-state index in [1.54, 1.807) is 18.3 Å². The molecule has 1 N–H and O–H groups in total. The molecule has 1 atom stereocenters. The third-order valence-corrected chi connectivity index (χ3v) is 4.73. The topological polar surface area (TPSA) is 46.9 Å². The first-order valence-corrected chi connectivity index (χ1v) is 8.06. The van der Waals surface area contributed by atoms with Crippen molar-refractivity contribution in [1.82, 2.24) is 14.9 Å². The minimum Gasteiger partial charge on any atom is -0.349 e. The average Bonchev–Trinajstić information content (AvgIpc) is 2.85. The van der Waals surface area contributed by atoms with Gasteiger partial charge in [0.15, 0.2) is 5.16 Å². The fourth-order valence-electron chi connectivity index (χ4n) is 1.77. The number of aromatic nitrogens is 2. The van der Waals surface area contributed by atoms with Gasteiger partial charge in [0.05, 0.1) is 21.8 Å². The summed E-state index contributed by atoms with van der Waals surface area (Å²) in [4.78, 5) is 16.1. The Hall–Kier alpha value is -1.17. The minimum absolute atomic E-state index is 0.0541. The van der Waals surface area contributed by atoms with E-state index < -0.39 is 0 Å². The second-order valence-corrected chi connectivity index (χ2v) is 6.33. The van der Waals surface area contributed by atoms with Gasteiger partial charge in [-0.1, -0.05) is 41.0 Å². The molecule has 7 heteroatoms. The van der Waals surface area contributed by atoms with Crippen molar-refractivity contribution in [3.8, 4) is 0 Å². The van der Waals surface area contributed by atoms with Gasteiger partial charge in [-0.15, -0.1) is 0 Å². The first kappa shape index (κ1) is 16.2. The van der Waals surface area contributed by atoms with E-state index in [0.29, 0.717) is 15.8 Å². The first-order chi connectivity index (χ1) is 9.97. The van der Waals surface area contributed by atoms with E-state index >= 15 is 0 Å². The molecule has 112 valence electrons. The number of rotatable bonds is 5. The summed E-state index contributed by atoms with van der Waals surface area (Å²) in [5, 5.41) is 4.73. The standard InChI is InChI=1S/C14H15Cl2N3OS/c1-9(10-3-4-11(15)12(16)7-10)18-13(20)8-21-14-17-5-6-19(14)2/h3-7,9H,8H2,1-2H3,(H,18,20)/t9-/m1/s1. The number of carbonyl (C=O) groups is 1. The molecule has 0 saturated heterocycles. The Kier molecular flexibility index (Phi) is 5.56. The summed E-state index contributed by atoms with van der Waals surface area (Å²) in [6, 6.07) is 5.21. The highest BCUT2D eigenvalue weighted by Gasteiger charge is 2.12. The summed E-state index contributed by atoms with van der Waals surface area (Å²) >= 11 is 13.3.